The molecule has 0 bridgehead atoms. The van der Waals surface area contributed by atoms with Crippen molar-refractivity contribution in [2.75, 3.05) is 13.1 Å². The molecule has 0 saturated heterocycles. The Labute approximate surface area is 126 Å². The predicted octanol–water partition coefficient (Wildman–Crippen LogP) is 1.23. The van der Waals surface area contributed by atoms with Gasteiger partial charge in [-0.25, -0.2) is 4.98 Å². The lowest BCUT2D eigenvalue weighted by molar-refractivity contribution is -0.385. The quantitative estimate of drug-likeness (QED) is 0.481. The summed E-state index contributed by atoms with van der Waals surface area (Å²) in [6, 6.07) is 1.11. The third kappa shape index (κ3) is 4.67. The van der Waals surface area contributed by atoms with Gasteiger partial charge in [-0.2, -0.15) is 0 Å². The molecular weight excluding hydrogens is 300 g/mol. The number of nitrogens with two attached hydrogens (primary N) is 1. The van der Waals surface area contributed by atoms with Crippen LogP contribution in [-0.4, -0.2) is 39.7 Å². The largest absolute Gasteiger partial charge is 0.368 e. The molecule has 0 unspecified atom stereocenters. The van der Waals surface area contributed by atoms with Crippen LogP contribution in [0.25, 0.3) is 0 Å². The number of carbonyl (C=O) groups is 2. The highest BCUT2D eigenvalue weighted by molar-refractivity contribution is 6.29. The molecule has 0 aliphatic carbocycles. The van der Waals surface area contributed by atoms with E-state index in [0.717, 1.165) is 17.2 Å². The van der Waals surface area contributed by atoms with Crippen molar-refractivity contribution in [2.24, 2.45) is 11.7 Å². The highest BCUT2D eigenvalue weighted by Crippen LogP contribution is 2.22. The van der Waals surface area contributed by atoms with E-state index in [1.807, 2.05) is 13.8 Å². The van der Waals surface area contributed by atoms with E-state index in [0.29, 0.717) is 0 Å². The van der Waals surface area contributed by atoms with Gasteiger partial charge in [0.15, 0.2) is 0 Å². The van der Waals surface area contributed by atoms with Crippen LogP contribution in [0.1, 0.15) is 24.2 Å². The van der Waals surface area contributed by atoms with Crippen molar-refractivity contribution >= 4 is 29.1 Å². The number of aromatic nitrogens is 1. The maximum Gasteiger partial charge on any atom is 0.300 e. The minimum atomic E-state index is -0.728. The molecule has 114 valence electrons. The Morgan fingerprint density at radius 2 is 2.14 bits per heavy atom. The SMILES string of the molecule is CC(C)CN(CC(N)=O)C(=O)c1cc(Cl)ncc1[N+](=O)[O-]. The van der Waals surface area contributed by atoms with Gasteiger partial charge in [0.2, 0.25) is 5.91 Å². The first-order valence-corrected chi connectivity index (χ1v) is 6.47. The highest BCUT2D eigenvalue weighted by Gasteiger charge is 2.27. The summed E-state index contributed by atoms with van der Waals surface area (Å²) in [5.41, 5.74) is 4.42. The normalized spacial score (nSPS) is 10.5. The van der Waals surface area contributed by atoms with Crippen LogP contribution < -0.4 is 5.73 Å². The van der Waals surface area contributed by atoms with Crippen molar-refractivity contribution in [3.63, 3.8) is 0 Å². The Morgan fingerprint density at radius 1 is 1.52 bits per heavy atom. The third-order valence-corrected chi connectivity index (χ3v) is 2.70. The van der Waals surface area contributed by atoms with Crippen molar-refractivity contribution in [3.05, 3.63) is 33.1 Å². The van der Waals surface area contributed by atoms with E-state index in [1.54, 1.807) is 0 Å². The van der Waals surface area contributed by atoms with E-state index in [1.165, 1.54) is 0 Å². The fraction of sp³-hybridized carbons (Fsp3) is 0.417. The van der Waals surface area contributed by atoms with Crippen LogP contribution in [-0.2, 0) is 4.79 Å². The number of amides is 2. The fourth-order valence-electron chi connectivity index (χ4n) is 1.76. The number of hydrogen-bond donors (Lipinski definition) is 1. The smallest absolute Gasteiger partial charge is 0.300 e. The summed E-state index contributed by atoms with van der Waals surface area (Å²) in [5, 5.41) is 10.9. The zero-order chi connectivity index (χ0) is 16.2. The monoisotopic (exact) mass is 314 g/mol. The second-order valence-electron chi connectivity index (χ2n) is 4.83. The molecule has 0 aliphatic rings. The molecule has 1 aromatic heterocycles. The number of nitrogens with zero attached hydrogens (tertiary/aromatic N) is 3. The lowest BCUT2D eigenvalue weighted by Gasteiger charge is -2.23. The number of nitro groups is 1. The van der Waals surface area contributed by atoms with Gasteiger partial charge >= 0.3 is 0 Å². The van der Waals surface area contributed by atoms with Gasteiger partial charge in [-0.3, -0.25) is 19.7 Å². The predicted molar refractivity (Wildman–Crippen MR) is 75.8 cm³/mol. The molecule has 2 N–H and O–H groups in total. The van der Waals surface area contributed by atoms with Crippen molar-refractivity contribution in [2.45, 2.75) is 13.8 Å². The molecule has 0 aliphatic heterocycles. The molecule has 0 saturated carbocycles. The van der Waals surface area contributed by atoms with Gasteiger partial charge in [-0.05, 0) is 12.0 Å². The number of rotatable bonds is 6. The summed E-state index contributed by atoms with van der Waals surface area (Å²) in [7, 11) is 0. The summed E-state index contributed by atoms with van der Waals surface area (Å²) in [6.45, 7) is 3.59. The second-order valence-corrected chi connectivity index (χ2v) is 5.21. The first-order chi connectivity index (χ1) is 9.72. The summed E-state index contributed by atoms with van der Waals surface area (Å²) < 4.78 is 0. The lowest BCUT2D eigenvalue weighted by atomic mass is 10.1. The minimum Gasteiger partial charge on any atom is -0.368 e. The number of carbonyl (C=O) groups excluding carboxylic acids is 2. The van der Waals surface area contributed by atoms with Crippen molar-refractivity contribution in [3.8, 4) is 0 Å². The number of primary amides is 1. The molecule has 0 fully saturated rings. The van der Waals surface area contributed by atoms with Crippen LogP contribution in [0.2, 0.25) is 5.15 Å². The molecule has 21 heavy (non-hydrogen) atoms. The van der Waals surface area contributed by atoms with Gasteiger partial charge in [0.25, 0.3) is 11.6 Å². The third-order valence-electron chi connectivity index (χ3n) is 2.50. The molecule has 1 rings (SSSR count). The molecule has 0 radical (unpaired) electrons. The average molecular weight is 315 g/mol. The summed E-state index contributed by atoms with van der Waals surface area (Å²) in [5.74, 6) is -1.32. The fourth-order valence-corrected chi connectivity index (χ4v) is 1.92. The zero-order valence-electron chi connectivity index (χ0n) is 11.6. The van der Waals surface area contributed by atoms with Gasteiger partial charge in [0.1, 0.15) is 16.9 Å². The highest BCUT2D eigenvalue weighted by atomic mass is 35.5. The molecule has 0 atom stereocenters. The first-order valence-electron chi connectivity index (χ1n) is 6.10. The van der Waals surface area contributed by atoms with Crippen molar-refractivity contribution < 1.29 is 14.5 Å². The summed E-state index contributed by atoms with van der Waals surface area (Å²) in [6.07, 6.45) is 0.910. The van der Waals surface area contributed by atoms with Gasteiger partial charge in [-0.15, -0.1) is 0 Å². The minimum absolute atomic E-state index is 0.0486. The number of pyridine rings is 1. The van der Waals surface area contributed by atoms with Crippen LogP contribution in [0.3, 0.4) is 0 Å². The maximum absolute atomic E-state index is 12.4. The van der Waals surface area contributed by atoms with Gasteiger partial charge < -0.3 is 10.6 Å². The zero-order valence-corrected chi connectivity index (χ0v) is 12.3. The molecule has 9 heteroatoms. The van der Waals surface area contributed by atoms with Crippen molar-refractivity contribution in [1.82, 2.24) is 9.88 Å². The Kier molecular flexibility index (Phi) is 5.60. The molecule has 0 aromatic carbocycles. The first kappa shape index (κ1) is 16.8. The second kappa shape index (κ2) is 6.98. The Morgan fingerprint density at radius 3 is 2.62 bits per heavy atom. The maximum atomic E-state index is 12.4. The molecule has 2 amide bonds. The van der Waals surface area contributed by atoms with Gasteiger partial charge in [0.05, 0.1) is 11.5 Å². The standard InChI is InChI=1S/C12H15ClN4O4/c1-7(2)5-16(6-11(14)18)12(19)8-3-10(13)15-4-9(8)17(20)21/h3-4,7H,5-6H2,1-2H3,(H2,14,18). The van der Waals surface area contributed by atoms with E-state index in [4.69, 9.17) is 17.3 Å². The van der Waals surface area contributed by atoms with Crippen LogP contribution in [0, 0.1) is 16.0 Å². The van der Waals surface area contributed by atoms with Crippen LogP contribution in [0.5, 0.6) is 0 Å². The Bertz CT molecular complexity index is 576. The van der Waals surface area contributed by atoms with E-state index in [-0.39, 0.29) is 29.7 Å². The van der Waals surface area contributed by atoms with E-state index < -0.39 is 22.4 Å². The van der Waals surface area contributed by atoms with Gasteiger partial charge in [-0.1, -0.05) is 25.4 Å². The Hall–Kier alpha value is -2.22. The molecular formula is C12H15ClN4O4. The van der Waals surface area contributed by atoms with E-state index in [9.17, 15) is 19.7 Å². The number of hydrogen-bond acceptors (Lipinski definition) is 5. The van der Waals surface area contributed by atoms with Gasteiger partial charge in [0, 0.05) is 6.54 Å². The van der Waals surface area contributed by atoms with Crippen LogP contribution in [0.15, 0.2) is 12.3 Å². The average Bonchev–Trinajstić information content (AvgIpc) is 2.35. The van der Waals surface area contributed by atoms with Crippen LogP contribution in [0.4, 0.5) is 5.69 Å². The van der Waals surface area contributed by atoms with E-state index in [2.05, 4.69) is 4.98 Å². The molecule has 1 aromatic rings. The number of halogens is 1. The molecule has 8 nitrogen and oxygen atoms in total. The molecule has 0 spiro atoms. The van der Waals surface area contributed by atoms with Crippen molar-refractivity contribution in [1.29, 1.82) is 0 Å². The van der Waals surface area contributed by atoms with E-state index >= 15 is 0 Å². The van der Waals surface area contributed by atoms with Crippen LogP contribution >= 0.6 is 11.6 Å². The lowest BCUT2D eigenvalue weighted by Crippen LogP contribution is -2.40. The Balaban J connectivity index is 3.21. The summed E-state index contributed by atoms with van der Waals surface area (Å²) >= 11 is 5.69. The topological polar surface area (TPSA) is 119 Å². The summed E-state index contributed by atoms with van der Waals surface area (Å²) in [4.78, 5) is 38.5. The molecule has 1 heterocycles.